The van der Waals surface area contributed by atoms with Crippen LogP contribution in [0.25, 0.3) is 11.0 Å². The zero-order chi connectivity index (χ0) is 19.4. The van der Waals surface area contributed by atoms with E-state index in [2.05, 4.69) is 4.98 Å². The Kier molecular flexibility index (Phi) is 4.92. The Balaban J connectivity index is 0.000000206. The summed E-state index contributed by atoms with van der Waals surface area (Å²) in [5.41, 5.74) is -1.11. The van der Waals surface area contributed by atoms with E-state index in [0.717, 1.165) is 11.0 Å². The number of para-hydroxylation sites is 2. The predicted octanol–water partition coefficient (Wildman–Crippen LogP) is 1.87. The first-order chi connectivity index (χ1) is 12.2. The van der Waals surface area contributed by atoms with Gasteiger partial charge in [-0.2, -0.15) is 0 Å². The predicted molar refractivity (Wildman–Crippen MR) is 88.0 cm³/mol. The fraction of sp³-hybridized carbons (Fsp3) is 0. The number of benzene rings is 2. The second-order valence-electron chi connectivity index (χ2n) is 4.74. The van der Waals surface area contributed by atoms with E-state index >= 15 is 0 Å². The van der Waals surface area contributed by atoms with E-state index in [0.29, 0.717) is 12.1 Å². The number of nitrogens with two attached hydrogens (primary N) is 1. The van der Waals surface area contributed by atoms with Crippen LogP contribution >= 0.6 is 0 Å². The molecule has 1 aromatic heterocycles. The summed E-state index contributed by atoms with van der Waals surface area (Å²) in [7, 11) is 0. The molecule has 0 radical (unpaired) electrons. The molecule has 0 saturated carbocycles. The average Bonchev–Trinajstić information content (AvgIpc) is 2.96. The number of rotatable bonds is 3. The van der Waals surface area contributed by atoms with Gasteiger partial charge in [0.15, 0.2) is 0 Å². The number of phenols is 1. The van der Waals surface area contributed by atoms with Crippen molar-refractivity contribution in [3.05, 3.63) is 73.1 Å². The SMILES string of the molecule is Nn1cnc2ccccc21.O=[N+]([O-])c1cc([N+](=O)[O-])c(O)c([N+](=O)[O-])c1. The van der Waals surface area contributed by atoms with Gasteiger partial charge in [-0.15, -0.1) is 0 Å². The van der Waals surface area contributed by atoms with Gasteiger partial charge >= 0.3 is 11.4 Å². The lowest BCUT2D eigenvalue weighted by atomic mass is 10.2. The lowest BCUT2D eigenvalue weighted by Crippen LogP contribution is -2.04. The summed E-state index contributed by atoms with van der Waals surface area (Å²) < 4.78 is 1.51. The van der Waals surface area contributed by atoms with E-state index in [9.17, 15) is 30.3 Å². The van der Waals surface area contributed by atoms with Gasteiger partial charge in [-0.25, -0.2) is 9.66 Å². The van der Waals surface area contributed by atoms with Crippen LogP contribution in [0.2, 0.25) is 0 Å². The van der Waals surface area contributed by atoms with Gasteiger partial charge in [0.25, 0.3) is 11.4 Å². The molecule has 0 atom stereocenters. The monoisotopic (exact) mass is 362 g/mol. The van der Waals surface area contributed by atoms with Crippen molar-refractivity contribution in [2.24, 2.45) is 0 Å². The number of phenolic OH excluding ortho intramolecular Hbond substituents is 1. The molecule has 0 aliphatic rings. The van der Waals surface area contributed by atoms with Crippen LogP contribution in [0.3, 0.4) is 0 Å². The number of aromatic nitrogens is 2. The van der Waals surface area contributed by atoms with Crippen LogP contribution in [-0.2, 0) is 0 Å². The molecule has 0 aliphatic heterocycles. The molecule has 26 heavy (non-hydrogen) atoms. The molecule has 0 aliphatic carbocycles. The lowest BCUT2D eigenvalue weighted by molar-refractivity contribution is -0.404. The highest BCUT2D eigenvalue weighted by molar-refractivity contribution is 5.74. The Morgan fingerprint density at radius 1 is 0.962 bits per heavy atom. The van der Waals surface area contributed by atoms with Crippen molar-refractivity contribution in [3.63, 3.8) is 0 Å². The third-order valence-electron chi connectivity index (χ3n) is 3.14. The number of nitro groups is 3. The number of hydrogen-bond donors (Lipinski definition) is 2. The standard InChI is InChI=1S/C7H7N3.C6H3N3O7/c8-10-5-9-6-3-1-2-4-7(6)10;10-6-4(8(13)14)1-3(7(11)12)2-5(6)9(15)16/h1-5H,8H2;1-2,10H. The molecule has 0 spiro atoms. The van der Waals surface area contributed by atoms with Crippen LogP contribution in [0, 0.1) is 30.3 Å². The van der Waals surface area contributed by atoms with Gasteiger partial charge in [0, 0.05) is 0 Å². The van der Waals surface area contributed by atoms with Crippen molar-refractivity contribution >= 4 is 28.1 Å². The normalized spacial score (nSPS) is 10.0. The first-order valence-electron chi connectivity index (χ1n) is 6.69. The maximum atomic E-state index is 10.4. The molecule has 3 aromatic rings. The number of nitro benzene ring substituents is 3. The van der Waals surface area contributed by atoms with Gasteiger partial charge < -0.3 is 10.9 Å². The van der Waals surface area contributed by atoms with Crippen LogP contribution in [0.4, 0.5) is 17.1 Å². The smallest absolute Gasteiger partial charge is 0.324 e. The lowest BCUT2D eigenvalue weighted by Gasteiger charge is -1.97. The highest BCUT2D eigenvalue weighted by Gasteiger charge is 2.30. The van der Waals surface area contributed by atoms with Gasteiger partial charge in [-0.05, 0) is 12.1 Å². The largest absolute Gasteiger partial charge is 0.497 e. The second kappa shape index (κ2) is 7.08. The average molecular weight is 362 g/mol. The second-order valence-corrected chi connectivity index (χ2v) is 4.74. The van der Waals surface area contributed by atoms with Crippen LogP contribution in [0.5, 0.6) is 5.75 Å². The van der Waals surface area contributed by atoms with Gasteiger partial charge in [0.05, 0.1) is 37.9 Å². The van der Waals surface area contributed by atoms with Crippen molar-refractivity contribution in [2.45, 2.75) is 0 Å². The van der Waals surface area contributed by atoms with Crippen LogP contribution in [0.15, 0.2) is 42.7 Å². The van der Waals surface area contributed by atoms with Gasteiger partial charge in [-0.1, -0.05) is 12.1 Å². The Bertz CT molecular complexity index is 980. The molecule has 1 heterocycles. The van der Waals surface area contributed by atoms with Crippen molar-refractivity contribution in [3.8, 4) is 5.75 Å². The molecule has 3 N–H and O–H groups in total. The number of hydrogen-bond acceptors (Lipinski definition) is 9. The maximum absolute atomic E-state index is 10.4. The number of nitrogen functional groups attached to an aromatic ring is 1. The van der Waals surface area contributed by atoms with E-state index in [1.807, 2.05) is 24.3 Å². The quantitative estimate of drug-likeness (QED) is 0.397. The molecule has 13 nitrogen and oxygen atoms in total. The molecule has 0 amide bonds. The van der Waals surface area contributed by atoms with E-state index in [1.165, 1.54) is 4.68 Å². The molecule has 0 fully saturated rings. The van der Waals surface area contributed by atoms with Crippen molar-refractivity contribution in [2.75, 3.05) is 5.84 Å². The van der Waals surface area contributed by atoms with E-state index < -0.39 is 37.6 Å². The van der Waals surface area contributed by atoms with Gasteiger partial charge in [0.2, 0.25) is 0 Å². The fourth-order valence-electron chi connectivity index (χ4n) is 1.95. The number of nitrogens with zero attached hydrogens (tertiary/aromatic N) is 5. The summed E-state index contributed by atoms with van der Waals surface area (Å²) in [6.07, 6.45) is 1.60. The minimum absolute atomic E-state index is 0.447. The molecule has 0 bridgehead atoms. The first-order valence-corrected chi connectivity index (χ1v) is 6.69. The minimum atomic E-state index is -1.21. The van der Waals surface area contributed by atoms with Crippen molar-refractivity contribution < 1.29 is 19.9 Å². The van der Waals surface area contributed by atoms with Crippen LogP contribution < -0.4 is 5.84 Å². The van der Waals surface area contributed by atoms with Crippen LogP contribution in [-0.4, -0.2) is 29.5 Å². The number of aromatic hydroxyl groups is 1. The Morgan fingerprint density at radius 3 is 1.96 bits per heavy atom. The topological polar surface area (TPSA) is 193 Å². The highest BCUT2D eigenvalue weighted by atomic mass is 16.6. The Morgan fingerprint density at radius 2 is 1.50 bits per heavy atom. The van der Waals surface area contributed by atoms with E-state index in [1.54, 1.807) is 6.33 Å². The van der Waals surface area contributed by atoms with E-state index in [-0.39, 0.29) is 0 Å². The van der Waals surface area contributed by atoms with E-state index in [4.69, 9.17) is 10.9 Å². The number of fused-ring (bicyclic) bond motifs is 1. The summed E-state index contributed by atoms with van der Waals surface area (Å²) in [5.74, 6) is 4.32. The zero-order valence-corrected chi connectivity index (χ0v) is 12.8. The van der Waals surface area contributed by atoms with Gasteiger partial charge in [0.1, 0.15) is 6.33 Å². The fourth-order valence-corrected chi connectivity index (χ4v) is 1.95. The maximum Gasteiger partial charge on any atom is 0.324 e. The molecule has 134 valence electrons. The van der Waals surface area contributed by atoms with Crippen LogP contribution in [0.1, 0.15) is 0 Å². The molecular formula is C13H10N6O7. The molecule has 2 aromatic carbocycles. The summed E-state index contributed by atoms with van der Waals surface area (Å²) in [5, 5.41) is 40.2. The minimum Gasteiger partial charge on any atom is -0.497 e. The third kappa shape index (κ3) is 3.61. The molecular weight excluding hydrogens is 352 g/mol. The molecule has 0 unspecified atom stereocenters. The summed E-state index contributed by atoms with van der Waals surface area (Å²) in [6, 6.07) is 8.63. The number of imidazole rings is 1. The zero-order valence-electron chi connectivity index (χ0n) is 12.8. The van der Waals surface area contributed by atoms with Crippen molar-refractivity contribution in [1.82, 2.24) is 9.66 Å². The summed E-state index contributed by atoms with van der Waals surface area (Å²) in [4.78, 5) is 31.8. The molecule has 0 saturated heterocycles. The Hall–Kier alpha value is -4.29. The molecule has 3 rings (SSSR count). The molecule has 13 heteroatoms. The summed E-state index contributed by atoms with van der Waals surface area (Å²) >= 11 is 0. The third-order valence-corrected chi connectivity index (χ3v) is 3.14. The van der Waals surface area contributed by atoms with Crippen molar-refractivity contribution in [1.29, 1.82) is 0 Å². The first kappa shape index (κ1) is 18.1. The number of non-ortho nitro benzene ring substituents is 1. The summed E-state index contributed by atoms with van der Waals surface area (Å²) in [6.45, 7) is 0. The highest BCUT2D eigenvalue weighted by Crippen LogP contribution is 2.38. The Labute approximate surface area is 143 Å². The van der Waals surface area contributed by atoms with Gasteiger partial charge in [-0.3, -0.25) is 30.3 Å².